The maximum absolute atomic E-state index is 11.7. The molecule has 0 saturated carbocycles. The van der Waals surface area contributed by atoms with Crippen LogP contribution in [-0.4, -0.2) is 19.1 Å². The molecule has 4 bridgehead atoms. The average molecular weight is 482 g/mol. The molecule has 0 aromatic heterocycles. The summed E-state index contributed by atoms with van der Waals surface area (Å²) in [6.07, 6.45) is 12.9. The van der Waals surface area contributed by atoms with E-state index in [9.17, 15) is 10.1 Å². The lowest BCUT2D eigenvalue weighted by atomic mass is 9.83. The number of methoxy groups -OCH3 is 2. The Morgan fingerprint density at radius 1 is 0.657 bits per heavy atom. The van der Waals surface area contributed by atoms with Gasteiger partial charge < -0.3 is 9.47 Å². The zero-order valence-corrected chi connectivity index (χ0v) is 22.4. The molecule has 0 amide bonds. The number of nitro benzene ring substituents is 1. The second-order valence-electron chi connectivity index (χ2n) is 11.0. The van der Waals surface area contributed by atoms with Gasteiger partial charge in [-0.25, -0.2) is 0 Å². The van der Waals surface area contributed by atoms with Crippen molar-refractivity contribution in [1.82, 2.24) is 0 Å². The van der Waals surface area contributed by atoms with Crippen LogP contribution in [0.1, 0.15) is 100.0 Å². The van der Waals surface area contributed by atoms with Gasteiger partial charge in [-0.3, -0.25) is 10.1 Å². The third kappa shape index (κ3) is 7.22. The van der Waals surface area contributed by atoms with Crippen molar-refractivity contribution < 1.29 is 14.4 Å². The number of ether oxygens (including phenoxy) is 2. The van der Waals surface area contributed by atoms with Crippen molar-refractivity contribution in [3.63, 3.8) is 0 Å². The Kier molecular flexibility index (Phi) is 9.59. The summed E-state index contributed by atoms with van der Waals surface area (Å²) in [7, 11) is 3.44. The first kappa shape index (κ1) is 27.0. The van der Waals surface area contributed by atoms with Crippen molar-refractivity contribution in [2.45, 2.75) is 103 Å². The molecule has 0 radical (unpaired) electrons. The molecule has 35 heavy (non-hydrogen) atoms. The number of nitrogens with zero attached hydrogens (tertiary/aromatic N) is 1. The van der Waals surface area contributed by atoms with Gasteiger partial charge in [0, 0.05) is 23.3 Å². The summed E-state index contributed by atoms with van der Waals surface area (Å²) in [4.78, 5) is 11.4. The van der Waals surface area contributed by atoms with E-state index in [1.54, 1.807) is 26.4 Å². The number of benzene rings is 2. The first-order valence-corrected chi connectivity index (χ1v) is 13.3. The normalized spacial score (nSPS) is 16.1. The van der Waals surface area contributed by atoms with Gasteiger partial charge in [0.15, 0.2) is 0 Å². The first-order chi connectivity index (χ1) is 16.7. The van der Waals surface area contributed by atoms with Crippen LogP contribution in [0.25, 0.3) is 0 Å². The average Bonchev–Trinajstić information content (AvgIpc) is 2.81. The van der Waals surface area contributed by atoms with Gasteiger partial charge in [0.25, 0.3) is 5.69 Å². The number of nitro groups is 1. The maximum Gasteiger partial charge on any atom is 0.270 e. The molecule has 1 aliphatic carbocycles. The lowest BCUT2D eigenvalue weighted by Crippen LogP contribution is -2.13. The van der Waals surface area contributed by atoms with Crippen LogP contribution < -0.4 is 9.47 Å². The van der Waals surface area contributed by atoms with E-state index in [0.29, 0.717) is 6.42 Å². The van der Waals surface area contributed by atoms with Crippen LogP contribution in [0.2, 0.25) is 0 Å². The largest absolute Gasteiger partial charge is 0.496 e. The summed E-state index contributed by atoms with van der Waals surface area (Å²) < 4.78 is 11.8. The predicted molar refractivity (Wildman–Crippen MR) is 143 cm³/mol. The molecule has 0 fully saturated rings. The molecule has 0 unspecified atom stereocenters. The molecular weight excluding hydrogens is 438 g/mol. The van der Waals surface area contributed by atoms with Crippen LogP contribution in [0.5, 0.6) is 11.5 Å². The summed E-state index contributed by atoms with van der Waals surface area (Å²) in [5.74, 6) is 1.78. The van der Waals surface area contributed by atoms with E-state index < -0.39 is 0 Å². The van der Waals surface area contributed by atoms with Crippen LogP contribution in [0.4, 0.5) is 5.69 Å². The molecule has 5 heteroatoms. The number of fused-ring (bicyclic) bond motifs is 4. The smallest absolute Gasteiger partial charge is 0.270 e. The minimum Gasteiger partial charge on any atom is -0.496 e. The van der Waals surface area contributed by atoms with Crippen molar-refractivity contribution in [1.29, 1.82) is 0 Å². The van der Waals surface area contributed by atoms with E-state index in [0.717, 1.165) is 54.7 Å². The van der Waals surface area contributed by atoms with Crippen molar-refractivity contribution >= 4 is 5.69 Å². The number of non-ortho nitro benzene ring substituents is 1. The molecule has 0 aliphatic heterocycles. The van der Waals surface area contributed by atoms with Crippen LogP contribution >= 0.6 is 0 Å². The van der Waals surface area contributed by atoms with Crippen LogP contribution in [-0.2, 0) is 31.1 Å². The molecule has 2 aromatic carbocycles. The van der Waals surface area contributed by atoms with Crippen LogP contribution in [0.3, 0.4) is 0 Å². The first-order valence-electron chi connectivity index (χ1n) is 13.3. The highest BCUT2D eigenvalue weighted by Gasteiger charge is 2.21. The van der Waals surface area contributed by atoms with E-state index in [1.807, 2.05) is 0 Å². The predicted octanol–water partition coefficient (Wildman–Crippen LogP) is 7.91. The number of hydrogen-bond acceptors (Lipinski definition) is 4. The third-order valence-corrected chi connectivity index (χ3v) is 7.26. The highest BCUT2D eigenvalue weighted by atomic mass is 16.6. The van der Waals surface area contributed by atoms with Crippen molar-refractivity contribution in [2.75, 3.05) is 14.2 Å². The molecule has 0 spiro atoms. The van der Waals surface area contributed by atoms with Gasteiger partial charge in [0.2, 0.25) is 0 Å². The van der Waals surface area contributed by atoms with Crippen LogP contribution in [0.15, 0.2) is 24.3 Å². The number of hydrogen-bond donors (Lipinski definition) is 0. The second kappa shape index (κ2) is 12.4. The third-order valence-electron chi connectivity index (χ3n) is 7.26. The number of aryl methyl sites for hydroxylation is 4. The Morgan fingerprint density at radius 2 is 1.03 bits per heavy atom. The highest BCUT2D eigenvalue weighted by molar-refractivity contribution is 5.52. The fourth-order valence-electron chi connectivity index (χ4n) is 5.26. The van der Waals surface area contributed by atoms with Gasteiger partial charge in [-0.15, -0.1) is 0 Å². The molecule has 5 nitrogen and oxygen atoms in total. The minimum absolute atomic E-state index is 0.0309. The van der Waals surface area contributed by atoms with Crippen molar-refractivity contribution in [3.05, 3.63) is 62.2 Å². The molecule has 1 aliphatic rings. The van der Waals surface area contributed by atoms with Gasteiger partial charge >= 0.3 is 0 Å². The number of rotatable bonds is 3. The van der Waals surface area contributed by atoms with E-state index in [1.165, 1.54) is 55.2 Å². The molecule has 0 atom stereocenters. The monoisotopic (exact) mass is 481 g/mol. The Hall–Kier alpha value is -2.56. The fraction of sp³-hybridized carbons (Fsp3) is 0.600. The van der Waals surface area contributed by atoms with Gasteiger partial charge in [-0.1, -0.05) is 71.4 Å². The molecular formula is C30H43NO4. The molecule has 2 aromatic rings. The highest BCUT2D eigenvalue weighted by Crippen LogP contribution is 2.36. The van der Waals surface area contributed by atoms with E-state index in [4.69, 9.17) is 9.47 Å². The van der Waals surface area contributed by atoms with Crippen molar-refractivity contribution in [2.24, 2.45) is 0 Å². The quantitative estimate of drug-likeness (QED) is 0.330. The zero-order chi connectivity index (χ0) is 25.4. The van der Waals surface area contributed by atoms with Crippen LogP contribution in [0, 0.1) is 10.1 Å². The Bertz CT molecular complexity index is 1010. The topological polar surface area (TPSA) is 61.6 Å². The SMILES string of the molecule is COc1c2cc([N+](=O)[O-])cc1CCc1cc(C(C)(C)C)cc(c1OC)CCCCCCCCCC2. The Morgan fingerprint density at radius 3 is 1.43 bits per heavy atom. The van der Waals surface area contributed by atoms with Gasteiger partial charge in [0.1, 0.15) is 11.5 Å². The van der Waals surface area contributed by atoms with E-state index in [2.05, 4.69) is 32.9 Å². The molecule has 192 valence electrons. The fourth-order valence-corrected chi connectivity index (χ4v) is 5.26. The Labute approximate surface area is 211 Å². The molecule has 0 heterocycles. The summed E-state index contributed by atoms with van der Waals surface area (Å²) >= 11 is 0. The minimum atomic E-state index is -0.280. The lowest BCUT2D eigenvalue weighted by molar-refractivity contribution is -0.385. The van der Waals surface area contributed by atoms with E-state index >= 15 is 0 Å². The standard InChI is InChI=1S/C30H43NO4/c1-30(2,3)26-18-22-14-12-10-8-6-7-9-11-13-15-23-20-27(31(32)33)21-25(29(23)35-5)17-16-24(19-26)28(22)34-4/h18-21H,6-17H2,1-5H3. The van der Waals surface area contributed by atoms with Gasteiger partial charge in [-0.05, 0) is 60.6 Å². The molecule has 3 rings (SSSR count). The Balaban J connectivity index is 2.06. The zero-order valence-electron chi connectivity index (χ0n) is 22.4. The summed E-state index contributed by atoms with van der Waals surface area (Å²) in [5, 5.41) is 11.7. The lowest BCUT2D eigenvalue weighted by Gasteiger charge is -2.24. The van der Waals surface area contributed by atoms with E-state index in [-0.39, 0.29) is 16.0 Å². The maximum atomic E-state index is 11.7. The summed E-state index contributed by atoms with van der Waals surface area (Å²) in [6.45, 7) is 6.74. The molecule has 0 saturated heterocycles. The van der Waals surface area contributed by atoms with Crippen molar-refractivity contribution in [3.8, 4) is 11.5 Å². The summed E-state index contributed by atoms with van der Waals surface area (Å²) in [6, 6.07) is 8.00. The molecule has 0 N–H and O–H groups in total. The second-order valence-corrected chi connectivity index (χ2v) is 11.0. The van der Waals surface area contributed by atoms with Gasteiger partial charge in [0.05, 0.1) is 19.1 Å². The summed E-state index contributed by atoms with van der Waals surface area (Å²) in [5.41, 5.74) is 5.81. The van der Waals surface area contributed by atoms with Gasteiger partial charge in [-0.2, -0.15) is 0 Å².